The number of carbonyl (C=O) groups is 1. The second kappa shape index (κ2) is 5.74. The van der Waals surface area contributed by atoms with Crippen molar-refractivity contribution in [2.75, 3.05) is 0 Å². The maximum atomic E-state index is 12.4. The van der Waals surface area contributed by atoms with E-state index >= 15 is 0 Å². The molecule has 128 valence electrons. The van der Waals surface area contributed by atoms with Crippen molar-refractivity contribution in [3.05, 3.63) is 83.8 Å². The average Bonchev–Trinajstić information content (AvgIpc) is 3.09. The zero-order valence-corrected chi connectivity index (χ0v) is 13.8. The number of benzene rings is 2. The zero-order valence-electron chi connectivity index (χ0n) is 12.9. The second-order valence-corrected chi connectivity index (χ2v) is 6.40. The maximum Gasteiger partial charge on any atom is 0.315 e. The van der Waals surface area contributed by atoms with Crippen molar-refractivity contribution in [1.82, 2.24) is 4.57 Å². The Morgan fingerprint density at radius 3 is 2.54 bits per heavy atom. The molecule has 0 fully saturated rings. The fourth-order valence-corrected chi connectivity index (χ4v) is 3.71. The van der Waals surface area contributed by atoms with Crippen LogP contribution in [0.1, 0.15) is 4.88 Å². The van der Waals surface area contributed by atoms with E-state index in [1.807, 2.05) is 0 Å². The van der Waals surface area contributed by atoms with Gasteiger partial charge >= 0.3 is 4.87 Å². The molecule has 26 heavy (non-hydrogen) atoms. The van der Waals surface area contributed by atoms with E-state index in [0.717, 1.165) is 4.57 Å². The molecule has 1 aromatic heterocycles. The highest BCUT2D eigenvalue weighted by Gasteiger charge is 2.27. The smallest absolute Gasteiger partial charge is 0.315 e. The third-order valence-corrected chi connectivity index (χ3v) is 4.87. The summed E-state index contributed by atoms with van der Waals surface area (Å²) in [5.41, 5.74) is 0.221. The average molecular weight is 367 g/mol. The van der Waals surface area contributed by atoms with Crippen LogP contribution in [0.3, 0.4) is 0 Å². The number of rotatable bonds is 3. The van der Waals surface area contributed by atoms with Gasteiger partial charge in [0.1, 0.15) is 4.88 Å². The number of nitrogens with zero attached hydrogens (tertiary/aromatic N) is 3. The molecule has 0 radical (unpaired) electrons. The molecule has 0 atom stereocenters. The predicted octanol–water partition coefficient (Wildman–Crippen LogP) is 0.872. The van der Waals surface area contributed by atoms with Crippen LogP contribution in [0.2, 0.25) is 0 Å². The van der Waals surface area contributed by atoms with Crippen LogP contribution in [0.25, 0.3) is 11.3 Å². The lowest BCUT2D eigenvalue weighted by atomic mass is 10.1. The maximum absolute atomic E-state index is 12.4. The molecule has 1 aliphatic rings. The van der Waals surface area contributed by atoms with Crippen molar-refractivity contribution in [1.29, 1.82) is 0 Å². The van der Waals surface area contributed by atoms with E-state index in [2.05, 4.69) is 4.99 Å². The number of fused-ring (bicyclic) bond motifs is 1. The number of hydrogen-bond donors (Lipinski definition) is 1. The number of thiazole rings is 1. The Morgan fingerprint density at radius 1 is 1.12 bits per heavy atom. The van der Waals surface area contributed by atoms with Crippen LogP contribution in [-0.4, -0.2) is 20.5 Å². The first kappa shape index (κ1) is 15.9. The van der Waals surface area contributed by atoms with Crippen molar-refractivity contribution in [3.63, 3.8) is 0 Å². The lowest BCUT2D eigenvalue weighted by Crippen LogP contribution is -2.23. The van der Waals surface area contributed by atoms with Gasteiger partial charge in [-0.05, 0) is 18.2 Å². The summed E-state index contributed by atoms with van der Waals surface area (Å²) in [6.45, 7) is 0. The van der Waals surface area contributed by atoms with Gasteiger partial charge in [0.05, 0.1) is 21.5 Å². The van der Waals surface area contributed by atoms with Gasteiger partial charge in [-0.3, -0.25) is 19.7 Å². The van der Waals surface area contributed by atoms with Gasteiger partial charge in [0.25, 0.3) is 11.6 Å². The lowest BCUT2D eigenvalue weighted by Gasteiger charge is -2.03. The first-order valence-corrected chi connectivity index (χ1v) is 8.21. The Labute approximate surface area is 148 Å². The second-order valence-electron chi connectivity index (χ2n) is 5.44. The molecule has 0 aliphatic carbocycles. The van der Waals surface area contributed by atoms with Crippen LogP contribution in [0.4, 0.5) is 5.69 Å². The molecular weight excluding hydrogens is 358 g/mol. The minimum absolute atomic E-state index is 0.0158. The summed E-state index contributed by atoms with van der Waals surface area (Å²) < 4.78 is 1.08. The van der Waals surface area contributed by atoms with Crippen LogP contribution in [0.5, 0.6) is 5.88 Å². The molecule has 2 aromatic carbocycles. The number of hydrogen-bond acceptors (Lipinski definition) is 6. The molecule has 0 saturated carbocycles. The van der Waals surface area contributed by atoms with Crippen molar-refractivity contribution >= 4 is 28.5 Å². The van der Waals surface area contributed by atoms with E-state index in [4.69, 9.17) is 0 Å². The topological polar surface area (TPSA) is 115 Å². The molecule has 1 amide bonds. The number of para-hydroxylation sites is 1. The molecule has 9 heteroatoms. The van der Waals surface area contributed by atoms with Crippen LogP contribution in [-0.2, 0) is 4.79 Å². The monoisotopic (exact) mass is 367 g/mol. The molecule has 1 aliphatic heterocycles. The van der Waals surface area contributed by atoms with Crippen molar-refractivity contribution in [2.45, 2.75) is 0 Å². The molecule has 0 unspecified atom stereocenters. The fraction of sp³-hybridized carbons (Fsp3) is 0. The van der Waals surface area contributed by atoms with Gasteiger partial charge in [0.2, 0.25) is 5.88 Å². The van der Waals surface area contributed by atoms with Gasteiger partial charge < -0.3 is 5.11 Å². The number of nitro groups is 1. The van der Waals surface area contributed by atoms with Gasteiger partial charge in [0.15, 0.2) is 0 Å². The van der Waals surface area contributed by atoms with Gasteiger partial charge in [-0.1, -0.05) is 29.5 Å². The standard InChI is InChI=1S/C17H9N3O5S/c21-15-13(11-8-10(20(24)25)6-7-12(11)18-15)14-16(22)19(17(23)26-14)9-4-2-1-3-5-9/h1-8,22H. The Hall–Kier alpha value is -3.59. The third kappa shape index (κ3) is 2.33. The van der Waals surface area contributed by atoms with E-state index < -0.39 is 21.6 Å². The minimum Gasteiger partial charge on any atom is -0.493 e. The van der Waals surface area contributed by atoms with Crippen molar-refractivity contribution < 1.29 is 14.8 Å². The van der Waals surface area contributed by atoms with E-state index in [1.54, 1.807) is 30.3 Å². The lowest BCUT2D eigenvalue weighted by molar-refractivity contribution is -0.385. The van der Waals surface area contributed by atoms with Crippen LogP contribution in [0, 0.1) is 10.1 Å². The van der Waals surface area contributed by atoms with Gasteiger partial charge in [-0.15, -0.1) is 0 Å². The highest BCUT2D eigenvalue weighted by Crippen LogP contribution is 2.30. The van der Waals surface area contributed by atoms with Crippen LogP contribution >= 0.6 is 11.3 Å². The largest absolute Gasteiger partial charge is 0.493 e. The van der Waals surface area contributed by atoms with Crippen LogP contribution in [0.15, 0.2) is 58.3 Å². The summed E-state index contributed by atoms with van der Waals surface area (Å²) in [5.74, 6) is -1.05. The summed E-state index contributed by atoms with van der Waals surface area (Å²) in [5, 5.41) is 22.1. The molecule has 1 N–H and O–H groups in total. The Kier molecular flexibility index (Phi) is 3.51. The number of aromatic nitrogens is 1. The molecule has 8 nitrogen and oxygen atoms in total. The van der Waals surface area contributed by atoms with Crippen molar-refractivity contribution in [3.8, 4) is 11.6 Å². The first-order chi connectivity index (χ1) is 12.5. The number of amides is 1. The molecule has 0 saturated heterocycles. The van der Waals surface area contributed by atoms with Crippen molar-refractivity contribution in [2.24, 2.45) is 4.99 Å². The van der Waals surface area contributed by atoms with Crippen LogP contribution < -0.4 is 15.4 Å². The summed E-state index contributed by atoms with van der Waals surface area (Å²) in [7, 11) is 0. The van der Waals surface area contributed by atoms with E-state index in [0.29, 0.717) is 17.0 Å². The highest BCUT2D eigenvalue weighted by atomic mass is 32.1. The van der Waals surface area contributed by atoms with E-state index in [9.17, 15) is 24.8 Å². The summed E-state index contributed by atoms with van der Waals surface area (Å²) in [4.78, 5) is 38.5. The number of nitro benzene ring substituents is 1. The van der Waals surface area contributed by atoms with E-state index in [-0.39, 0.29) is 26.7 Å². The molecule has 0 spiro atoms. The minimum atomic E-state index is -0.655. The zero-order chi connectivity index (χ0) is 18.4. The normalized spacial score (nSPS) is 12.8. The molecule has 0 bridgehead atoms. The van der Waals surface area contributed by atoms with E-state index in [1.165, 1.54) is 18.2 Å². The molecule has 2 heterocycles. The van der Waals surface area contributed by atoms with Gasteiger partial charge in [-0.2, -0.15) is 0 Å². The number of carbonyl (C=O) groups excluding carboxylic acids is 1. The SMILES string of the molecule is O=C1N=c2ccc([N+](=O)[O-])cc2=C1c1sc(=O)n(-c2ccccc2)c1O. The fourth-order valence-electron chi connectivity index (χ4n) is 2.77. The molecule has 3 aromatic rings. The number of non-ortho nitro benzene ring substituents is 1. The van der Waals surface area contributed by atoms with Gasteiger partial charge in [-0.25, -0.2) is 9.56 Å². The van der Waals surface area contributed by atoms with Gasteiger partial charge in [0, 0.05) is 17.4 Å². The highest BCUT2D eigenvalue weighted by molar-refractivity contribution is 7.11. The predicted molar refractivity (Wildman–Crippen MR) is 93.0 cm³/mol. The number of aromatic hydroxyl groups is 1. The summed E-state index contributed by atoms with van der Waals surface area (Å²) in [6.07, 6.45) is 0. The summed E-state index contributed by atoms with van der Waals surface area (Å²) >= 11 is 0.684. The first-order valence-electron chi connectivity index (χ1n) is 7.40. The Balaban J connectivity index is 2.02. The summed E-state index contributed by atoms with van der Waals surface area (Å²) in [6, 6.07) is 12.3. The Morgan fingerprint density at radius 2 is 1.85 bits per heavy atom. The third-order valence-electron chi connectivity index (χ3n) is 3.92. The Bertz CT molecular complexity index is 1260. The molecule has 4 rings (SSSR count). The quantitative estimate of drug-likeness (QED) is 0.545. The molecular formula is C17H9N3O5S.